The van der Waals surface area contributed by atoms with Crippen molar-refractivity contribution in [1.29, 1.82) is 0 Å². The van der Waals surface area contributed by atoms with Gasteiger partial charge in [-0.2, -0.15) is 13.2 Å². The van der Waals surface area contributed by atoms with Crippen molar-refractivity contribution in [3.63, 3.8) is 0 Å². The first-order valence-corrected chi connectivity index (χ1v) is 13.1. The molecule has 2 aromatic carbocycles. The summed E-state index contributed by atoms with van der Waals surface area (Å²) in [5, 5.41) is 0. The molecule has 1 saturated heterocycles. The minimum absolute atomic E-state index is 0.00832. The molecule has 40 heavy (non-hydrogen) atoms. The lowest BCUT2D eigenvalue weighted by atomic mass is 10.0. The summed E-state index contributed by atoms with van der Waals surface area (Å²) in [5.41, 5.74) is 13.3. The molecule has 5 rings (SSSR count). The fourth-order valence-corrected chi connectivity index (χ4v) is 5.08. The Morgan fingerprint density at radius 3 is 2.25 bits per heavy atom. The number of amides is 2. The Kier molecular flexibility index (Phi) is 7.37. The van der Waals surface area contributed by atoms with Gasteiger partial charge in [-0.1, -0.05) is 30.3 Å². The van der Waals surface area contributed by atoms with Gasteiger partial charge in [-0.15, -0.1) is 0 Å². The van der Waals surface area contributed by atoms with Crippen LogP contribution in [0, 0.1) is 13.8 Å². The molecule has 0 radical (unpaired) electrons. The van der Waals surface area contributed by atoms with Gasteiger partial charge in [0.15, 0.2) is 0 Å². The average Bonchev–Trinajstić information content (AvgIpc) is 3.11. The standard InChI is InChI=1S/C30H30F3N5O2/c1-19-4-5-23(16-20(19)2)24-10-11-26-35-27(21-6-8-22(9-7-21)28(34)39)25(38(26)17-24)18-36-12-3-13-37(15-14-36)29(40)30(31,32)33/h4-11,16-17H,3,12-15,18H2,1-2H3,(H2,34,39). The Morgan fingerprint density at radius 1 is 0.875 bits per heavy atom. The van der Waals surface area contributed by atoms with Crippen LogP contribution in [0.15, 0.2) is 60.8 Å². The predicted molar refractivity (Wildman–Crippen MR) is 147 cm³/mol. The largest absolute Gasteiger partial charge is 0.471 e. The topological polar surface area (TPSA) is 83.9 Å². The molecule has 3 heterocycles. The number of pyridine rings is 1. The Morgan fingerprint density at radius 2 is 1.57 bits per heavy atom. The lowest BCUT2D eigenvalue weighted by molar-refractivity contribution is -0.185. The Hall–Kier alpha value is -4.18. The molecule has 0 atom stereocenters. The maximum Gasteiger partial charge on any atom is 0.471 e. The van der Waals surface area contributed by atoms with Gasteiger partial charge < -0.3 is 15.0 Å². The molecule has 0 saturated carbocycles. The minimum Gasteiger partial charge on any atom is -0.366 e. The molecule has 10 heteroatoms. The first-order valence-electron chi connectivity index (χ1n) is 13.1. The number of alkyl halides is 3. The molecule has 1 aliphatic rings. The number of imidazole rings is 1. The number of aryl methyl sites for hydroxylation is 2. The molecule has 2 aromatic heterocycles. The van der Waals surface area contributed by atoms with Crippen LogP contribution >= 0.6 is 0 Å². The van der Waals surface area contributed by atoms with Crippen molar-refractivity contribution in [2.24, 2.45) is 5.73 Å². The number of halogens is 3. The average molecular weight is 550 g/mol. The van der Waals surface area contributed by atoms with E-state index in [2.05, 4.69) is 36.9 Å². The number of primary amides is 1. The Labute approximate surface area is 230 Å². The van der Waals surface area contributed by atoms with Gasteiger partial charge in [-0.25, -0.2) is 4.98 Å². The zero-order chi connectivity index (χ0) is 28.6. The van der Waals surface area contributed by atoms with Crippen molar-refractivity contribution in [2.45, 2.75) is 33.0 Å². The molecule has 0 aliphatic carbocycles. The second-order valence-corrected chi connectivity index (χ2v) is 10.2. The van der Waals surface area contributed by atoms with E-state index in [-0.39, 0.29) is 13.1 Å². The van der Waals surface area contributed by atoms with Gasteiger partial charge in [0, 0.05) is 50.0 Å². The highest BCUT2D eigenvalue weighted by molar-refractivity contribution is 5.93. The molecular formula is C30H30F3N5O2. The number of nitrogens with two attached hydrogens (primary N) is 1. The summed E-state index contributed by atoms with van der Waals surface area (Å²) in [5.74, 6) is -2.32. The summed E-state index contributed by atoms with van der Waals surface area (Å²) in [6.07, 6.45) is -2.43. The monoisotopic (exact) mass is 549 g/mol. The fourth-order valence-electron chi connectivity index (χ4n) is 5.08. The molecule has 0 spiro atoms. The maximum absolute atomic E-state index is 13.0. The smallest absolute Gasteiger partial charge is 0.366 e. The summed E-state index contributed by atoms with van der Waals surface area (Å²) in [4.78, 5) is 31.3. The van der Waals surface area contributed by atoms with Gasteiger partial charge in [0.1, 0.15) is 5.65 Å². The van der Waals surface area contributed by atoms with E-state index < -0.39 is 18.0 Å². The summed E-state index contributed by atoms with van der Waals surface area (Å²) < 4.78 is 41.1. The van der Waals surface area contributed by atoms with Gasteiger partial charge in [0.25, 0.3) is 0 Å². The maximum atomic E-state index is 13.0. The summed E-state index contributed by atoms with van der Waals surface area (Å²) in [6, 6.07) is 17.1. The van der Waals surface area contributed by atoms with E-state index in [1.54, 1.807) is 24.3 Å². The number of carbonyl (C=O) groups excluding carboxylic acids is 2. The van der Waals surface area contributed by atoms with Crippen LogP contribution in [-0.2, 0) is 11.3 Å². The highest BCUT2D eigenvalue weighted by Crippen LogP contribution is 2.30. The molecule has 1 fully saturated rings. The lowest BCUT2D eigenvalue weighted by Crippen LogP contribution is -2.43. The summed E-state index contributed by atoms with van der Waals surface area (Å²) >= 11 is 0. The summed E-state index contributed by atoms with van der Waals surface area (Å²) in [6.45, 7) is 5.43. The predicted octanol–water partition coefficient (Wildman–Crippen LogP) is 4.98. The van der Waals surface area contributed by atoms with Gasteiger partial charge in [-0.3, -0.25) is 14.5 Å². The van der Waals surface area contributed by atoms with Crippen molar-refractivity contribution in [3.8, 4) is 22.4 Å². The first-order chi connectivity index (χ1) is 19.0. The second-order valence-electron chi connectivity index (χ2n) is 10.2. The van der Waals surface area contributed by atoms with Crippen molar-refractivity contribution in [1.82, 2.24) is 19.2 Å². The molecule has 7 nitrogen and oxygen atoms in total. The molecule has 2 amide bonds. The third-order valence-corrected chi connectivity index (χ3v) is 7.49. The zero-order valence-corrected chi connectivity index (χ0v) is 22.3. The molecule has 4 aromatic rings. The fraction of sp³-hybridized carbons (Fsp3) is 0.300. The van der Waals surface area contributed by atoms with Crippen LogP contribution in [0.2, 0.25) is 0 Å². The quantitative estimate of drug-likeness (QED) is 0.381. The highest BCUT2D eigenvalue weighted by Gasteiger charge is 2.42. The van der Waals surface area contributed by atoms with E-state index in [1.807, 2.05) is 22.7 Å². The summed E-state index contributed by atoms with van der Waals surface area (Å²) in [7, 11) is 0. The number of fused-ring (bicyclic) bond motifs is 1. The first kappa shape index (κ1) is 27.4. The Balaban J connectivity index is 1.53. The molecular weight excluding hydrogens is 519 g/mol. The van der Waals surface area contributed by atoms with Crippen LogP contribution in [0.25, 0.3) is 28.0 Å². The highest BCUT2D eigenvalue weighted by atomic mass is 19.4. The number of benzene rings is 2. The van der Waals surface area contributed by atoms with Crippen molar-refractivity contribution < 1.29 is 22.8 Å². The lowest BCUT2D eigenvalue weighted by Gasteiger charge is -2.23. The van der Waals surface area contributed by atoms with Gasteiger partial charge in [-0.05, 0) is 66.8 Å². The molecule has 208 valence electrons. The Bertz CT molecular complexity index is 1580. The molecule has 2 N–H and O–H groups in total. The molecule has 1 aliphatic heterocycles. The van der Waals surface area contributed by atoms with Crippen LogP contribution in [0.5, 0.6) is 0 Å². The van der Waals surface area contributed by atoms with E-state index in [0.29, 0.717) is 37.3 Å². The van der Waals surface area contributed by atoms with E-state index in [9.17, 15) is 22.8 Å². The second kappa shape index (κ2) is 10.8. The van der Waals surface area contributed by atoms with E-state index in [0.717, 1.165) is 32.9 Å². The third kappa shape index (κ3) is 5.58. The van der Waals surface area contributed by atoms with Gasteiger partial charge >= 0.3 is 12.1 Å². The molecule has 0 bridgehead atoms. The van der Waals surface area contributed by atoms with E-state index in [1.165, 1.54) is 11.1 Å². The minimum atomic E-state index is -4.88. The van der Waals surface area contributed by atoms with Crippen LogP contribution in [0.1, 0.15) is 33.6 Å². The number of hydrogen-bond donors (Lipinski definition) is 1. The van der Waals surface area contributed by atoms with Crippen LogP contribution < -0.4 is 5.73 Å². The number of rotatable bonds is 5. The van der Waals surface area contributed by atoms with E-state index in [4.69, 9.17) is 10.7 Å². The van der Waals surface area contributed by atoms with Gasteiger partial charge in [0.05, 0.1) is 11.4 Å². The molecule has 0 unspecified atom stereocenters. The number of nitrogens with zero attached hydrogens (tertiary/aromatic N) is 4. The number of carbonyl (C=O) groups is 2. The van der Waals surface area contributed by atoms with Crippen LogP contribution in [0.4, 0.5) is 13.2 Å². The normalized spacial score (nSPS) is 14.9. The van der Waals surface area contributed by atoms with Crippen LogP contribution in [0.3, 0.4) is 0 Å². The van der Waals surface area contributed by atoms with Gasteiger partial charge in [0.2, 0.25) is 5.91 Å². The van der Waals surface area contributed by atoms with Crippen molar-refractivity contribution in [2.75, 3.05) is 26.2 Å². The SMILES string of the molecule is Cc1ccc(-c2ccc3nc(-c4ccc(C(N)=O)cc4)c(CN4CCCN(C(=O)C(F)(F)F)CC4)n3c2)cc1C. The van der Waals surface area contributed by atoms with E-state index >= 15 is 0 Å². The van der Waals surface area contributed by atoms with Crippen molar-refractivity contribution >= 4 is 17.5 Å². The van der Waals surface area contributed by atoms with Crippen molar-refractivity contribution in [3.05, 3.63) is 83.2 Å². The number of aromatic nitrogens is 2. The zero-order valence-electron chi connectivity index (χ0n) is 22.3. The van der Waals surface area contributed by atoms with Crippen LogP contribution in [-0.4, -0.2) is 63.4 Å². The third-order valence-electron chi connectivity index (χ3n) is 7.49. The number of hydrogen-bond acceptors (Lipinski definition) is 4.